The highest BCUT2D eigenvalue weighted by Crippen LogP contribution is 2.39. The van der Waals surface area contributed by atoms with Crippen LogP contribution in [0.1, 0.15) is 0 Å². The molecular formula is C6H3ClOS2. The summed E-state index contributed by atoms with van der Waals surface area (Å²) in [6.45, 7) is 0. The third kappa shape index (κ3) is 0.820. The monoisotopic (exact) mass is 190 g/mol. The van der Waals surface area contributed by atoms with E-state index in [1.807, 2.05) is 5.38 Å². The lowest BCUT2D eigenvalue weighted by molar-refractivity contribution is 0.491. The largest absolute Gasteiger partial charge is 0.499 e. The molecule has 0 aromatic carbocycles. The maximum absolute atomic E-state index is 9.04. The minimum Gasteiger partial charge on any atom is -0.499 e. The highest BCUT2D eigenvalue weighted by atomic mass is 35.5. The van der Waals surface area contributed by atoms with Crippen LogP contribution in [-0.4, -0.2) is 5.11 Å². The maximum Gasteiger partial charge on any atom is 0.173 e. The molecule has 0 saturated heterocycles. The van der Waals surface area contributed by atoms with Gasteiger partial charge in [0, 0.05) is 16.8 Å². The van der Waals surface area contributed by atoms with Gasteiger partial charge in [0.1, 0.15) is 0 Å². The van der Waals surface area contributed by atoms with E-state index in [4.69, 9.17) is 16.7 Å². The van der Waals surface area contributed by atoms with Crippen molar-refractivity contribution < 1.29 is 5.11 Å². The first kappa shape index (κ1) is 6.46. The van der Waals surface area contributed by atoms with Gasteiger partial charge in [-0.2, -0.15) is 0 Å². The number of hydrogen-bond acceptors (Lipinski definition) is 3. The van der Waals surface area contributed by atoms with E-state index in [1.165, 1.54) is 11.3 Å². The molecule has 1 nitrogen and oxygen atoms in total. The summed E-state index contributed by atoms with van der Waals surface area (Å²) in [5, 5.41) is 12.9. The lowest BCUT2D eigenvalue weighted by atomic mass is 10.4. The molecule has 0 aliphatic heterocycles. The van der Waals surface area contributed by atoms with Crippen molar-refractivity contribution in [3.63, 3.8) is 0 Å². The second kappa shape index (κ2) is 2.12. The van der Waals surface area contributed by atoms with E-state index in [2.05, 4.69) is 0 Å². The van der Waals surface area contributed by atoms with Crippen LogP contribution < -0.4 is 0 Å². The van der Waals surface area contributed by atoms with Crippen LogP contribution in [0.3, 0.4) is 0 Å². The van der Waals surface area contributed by atoms with Gasteiger partial charge in [0.2, 0.25) is 0 Å². The standard InChI is InChI=1S/C6H3ClOS2/c7-4-2-9-6-3(4)1-5(8)10-6/h1-2,8H. The Labute approximate surface area is 70.5 Å². The first-order chi connectivity index (χ1) is 4.77. The van der Waals surface area contributed by atoms with Gasteiger partial charge in [0.25, 0.3) is 0 Å². The second-order valence-corrected chi connectivity index (χ2v) is 4.45. The lowest BCUT2D eigenvalue weighted by Crippen LogP contribution is -1.48. The fourth-order valence-corrected chi connectivity index (χ4v) is 3.05. The van der Waals surface area contributed by atoms with E-state index in [0.29, 0.717) is 5.06 Å². The summed E-state index contributed by atoms with van der Waals surface area (Å²) in [4.78, 5) is 0. The predicted molar refractivity (Wildman–Crippen MR) is 46.4 cm³/mol. The number of hydrogen-bond donors (Lipinski definition) is 1. The SMILES string of the molecule is Oc1cc2c(Cl)csc2s1. The van der Waals surface area contributed by atoms with Crippen molar-refractivity contribution in [3.05, 3.63) is 16.5 Å². The quantitative estimate of drug-likeness (QED) is 0.676. The Morgan fingerprint density at radius 1 is 1.50 bits per heavy atom. The zero-order chi connectivity index (χ0) is 7.14. The molecular weight excluding hydrogens is 188 g/mol. The molecule has 0 radical (unpaired) electrons. The third-order valence-electron chi connectivity index (χ3n) is 1.21. The molecule has 0 bridgehead atoms. The molecule has 0 fully saturated rings. The van der Waals surface area contributed by atoms with Crippen LogP contribution >= 0.6 is 34.3 Å². The maximum atomic E-state index is 9.04. The van der Waals surface area contributed by atoms with E-state index in [0.717, 1.165) is 14.4 Å². The molecule has 2 aromatic heterocycles. The fourth-order valence-electron chi connectivity index (χ4n) is 0.785. The van der Waals surface area contributed by atoms with Crippen molar-refractivity contribution in [1.29, 1.82) is 0 Å². The molecule has 52 valence electrons. The normalized spacial score (nSPS) is 10.9. The molecule has 0 spiro atoms. The van der Waals surface area contributed by atoms with Gasteiger partial charge in [-0.15, -0.1) is 11.3 Å². The van der Waals surface area contributed by atoms with Gasteiger partial charge in [0.05, 0.1) is 9.04 Å². The highest BCUT2D eigenvalue weighted by molar-refractivity contribution is 7.38. The molecule has 0 unspecified atom stereocenters. The summed E-state index contributed by atoms with van der Waals surface area (Å²) < 4.78 is 1.09. The summed E-state index contributed by atoms with van der Waals surface area (Å²) in [5.74, 6) is 0. The van der Waals surface area contributed by atoms with Gasteiger partial charge in [0.15, 0.2) is 5.06 Å². The Morgan fingerprint density at radius 3 is 3.00 bits per heavy atom. The van der Waals surface area contributed by atoms with Crippen LogP contribution in [0.2, 0.25) is 5.02 Å². The molecule has 10 heavy (non-hydrogen) atoms. The van der Waals surface area contributed by atoms with Crippen LogP contribution in [0.15, 0.2) is 11.4 Å². The Hall–Kier alpha value is -0.250. The summed E-state index contributed by atoms with van der Waals surface area (Å²) in [6, 6.07) is 1.69. The summed E-state index contributed by atoms with van der Waals surface area (Å²) in [5.41, 5.74) is 0. The number of halogens is 1. The first-order valence-electron chi connectivity index (χ1n) is 2.63. The molecule has 0 saturated carbocycles. The van der Waals surface area contributed by atoms with E-state index in [9.17, 15) is 0 Å². The van der Waals surface area contributed by atoms with Crippen molar-refractivity contribution in [3.8, 4) is 5.06 Å². The fraction of sp³-hybridized carbons (Fsp3) is 0. The molecule has 0 aliphatic carbocycles. The van der Waals surface area contributed by atoms with Crippen molar-refractivity contribution in [1.82, 2.24) is 0 Å². The molecule has 2 aromatic rings. The van der Waals surface area contributed by atoms with E-state index >= 15 is 0 Å². The topological polar surface area (TPSA) is 20.2 Å². The van der Waals surface area contributed by atoms with Gasteiger partial charge in [-0.1, -0.05) is 22.9 Å². The molecule has 1 N–H and O–H groups in total. The van der Waals surface area contributed by atoms with Crippen molar-refractivity contribution in [2.24, 2.45) is 0 Å². The van der Waals surface area contributed by atoms with Crippen molar-refractivity contribution in [2.75, 3.05) is 0 Å². The Balaban J connectivity index is 2.90. The highest BCUT2D eigenvalue weighted by Gasteiger charge is 2.05. The first-order valence-corrected chi connectivity index (χ1v) is 4.70. The average molecular weight is 191 g/mol. The Kier molecular flexibility index (Phi) is 1.37. The summed E-state index contributed by atoms with van der Waals surface area (Å²) >= 11 is 8.72. The second-order valence-electron chi connectivity index (χ2n) is 1.87. The van der Waals surface area contributed by atoms with Gasteiger partial charge in [-0.25, -0.2) is 0 Å². The van der Waals surface area contributed by atoms with Crippen LogP contribution in [0.4, 0.5) is 0 Å². The predicted octanol–water partition coefficient (Wildman–Crippen LogP) is 3.32. The number of fused-ring (bicyclic) bond motifs is 1. The number of aromatic hydroxyl groups is 1. The molecule has 0 aliphatic rings. The molecule has 4 heteroatoms. The Morgan fingerprint density at radius 2 is 2.30 bits per heavy atom. The van der Waals surface area contributed by atoms with Crippen molar-refractivity contribution >= 4 is 43.7 Å². The van der Waals surface area contributed by atoms with Gasteiger partial charge in [-0.05, 0) is 0 Å². The van der Waals surface area contributed by atoms with Crippen LogP contribution in [0.25, 0.3) is 9.40 Å². The van der Waals surface area contributed by atoms with Crippen LogP contribution in [0, 0.1) is 0 Å². The zero-order valence-electron chi connectivity index (χ0n) is 4.80. The van der Waals surface area contributed by atoms with Crippen molar-refractivity contribution in [2.45, 2.75) is 0 Å². The number of rotatable bonds is 0. The van der Waals surface area contributed by atoms with Gasteiger partial charge in [-0.3, -0.25) is 0 Å². The van der Waals surface area contributed by atoms with E-state index in [-0.39, 0.29) is 0 Å². The third-order valence-corrected chi connectivity index (χ3v) is 3.71. The Bertz CT molecular complexity index is 363. The minimum atomic E-state index is 0.337. The number of thiophene rings is 2. The lowest BCUT2D eigenvalue weighted by Gasteiger charge is -1.75. The summed E-state index contributed by atoms with van der Waals surface area (Å²) in [7, 11) is 0. The summed E-state index contributed by atoms with van der Waals surface area (Å²) in [6.07, 6.45) is 0. The molecule has 2 rings (SSSR count). The van der Waals surface area contributed by atoms with Crippen LogP contribution in [-0.2, 0) is 0 Å². The van der Waals surface area contributed by atoms with E-state index < -0.39 is 0 Å². The molecule has 2 heterocycles. The zero-order valence-corrected chi connectivity index (χ0v) is 7.19. The van der Waals surface area contributed by atoms with E-state index in [1.54, 1.807) is 17.4 Å². The molecule has 0 amide bonds. The smallest absolute Gasteiger partial charge is 0.173 e. The van der Waals surface area contributed by atoms with Gasteiger partial charge >= 0.3 is 0 Å². The van der Waals surface area contributed by atoms with Gasteiger partial charge < -0.3 is 5.11 Å². The van der Waals surface area contributed by atoms with Crippen LogP contribution in [0.5, 0.6) is 5.06 Å². The minimum absolute atomic E-state index is 0.337. The average Bonchev–Trinajstić information content (AvgIpc) is 2.35. The molecule has 0 atom stereocenters.